The summed E-state index contributed by atoms with van der Waals surface area (Å²) in [5, 5.41) is 2.63. The van der Waals surface area contributed by atoms with Gasteiger partial charge in [-0.25, -0.2) is 9.18 Å². The highest BCUT2D eigenvalue weighted by Gasteiger charge is 2.34. The van der Waals surface area contributed by atoms with Crippen LogP contribution >= 0.6 is 11.6 Å². The molecule has 1 fully saturated rings. The highest BCUT2D eigenvalue weighted by molar-refractivity contribution is 6.31. The predicted molar refractivity (Wildman–Crippen MR) is 111 cm³/mol. The molecule has 0 atom stereocenters. The molecule has 6 nitrogen and oxygen atoms in total. The van der Waals surface area contributed by atoms with Crippen LogP contribution in [0.25, 0.3) is 0 Å². The lowest BCUT2D eigenvalue weighted by atomic mass is 10.3. The molecule has 1 saturated carbocycles. The number of carbonyl (C=O) groups excluding carboxylic acids is 2. The molecular formula is C21H26ClFN4O2. The van der Waals surface area contributed by atoms with E-state index < -0.39 is 11.8 Å². The van der Waals surface area contributed by atoms with E-state index in [1.807, 2.05) is 41.8 Å². The van der Waals surface area contributed by atoms with Crippen molar-refractivity contribution in [2.45, 2.75) is 38.8 Å². The number of benzene rings is 1. The Balaban J connectivity index is 1.67. The quantitative estimate of drug-likeness (QED) is 0.694. The van der Waals surface area contributed by atoms with E-state index in [9.17, 15) is 14.0 Å². The van der Waals surface area contributed by atoms with Gasteiger partial charge in [-0.2, -0.15) is 0 Å². The van der Waals surface area contributed by atoms with Gasteiger partial charge in [0.1, 0.15) is 12.4 Å². The minimum absolute atomic E-state index is 0.00444. The molecule has 1 aliphatic rings. The van der Waals surface area contributed by atoms with Crippen LogP contribution in [0, 0.1) is 5.82 Å². The summed E-state index contributed by atoms with van der Waals surface area (Å²) in [5.41, 5.74) is 1.44. The van der Waals surface area contributed by atoms with Gasteiger partial charge in [0.25, 0.3) is 0 Å². The van der Waals surface area contributed by atoms with E-state index in [2.05, 4.69) is 5.32 Å². The SMILES string of the molecule is CCCN(CC(=O)N(Cc1cccn1C)C1CC1)C(=O)Nc1ccc(F)c(Cl)c1. The van der Waals surface area contributed by atoms with Gasteiger partial charge >= 0.3 is 6.03 Å². The Morgan fingerprint density at radius 1 is 1.31 bits per heavy atom. The van der Waals surface area contributed by atoms with Crippen LogP contribution in [0.4, 0.5) is 14.9 Å². The summed E-state index contributed by atoms with van der Waals surface area (Å²) in [4.78, 5) is 29.1. The van der Waals surface area contributed by atoms with E-state index in [-0.39, 0.29) is 23.5 Å². The van der Waals surface area contributed by atoms with E-state index >= 15 is 0 Å². The maximum absolute atomic E-state index is 13.3. The maximum atomic E-state index is 13.3. The van der Waals surface area contributed by atoms with Crippen LogP contribution in [0.1, 0.15) is 31.9 Å². The molecule has 1 aliphatic carbocycles. The van der Waals surface area contributed by atoms with Gasteiger partial charge in [0.15, 0.2) is 0 Å². The normalized spacial score (nSPS) is 13.2. The van der Waals surface area contributed by atoms with Crippen molar-refractivity contribution in [3.63, 3.8) is 0 Å². The summed E-state index contributed by atoms with van der Waals surface area (Å²) in [6, 6.07) is 7.77. The fourth-order valence-corrected chi connectivity index (χ4v) is 3.38. The van der Waals surface area contributed by atoms with Gasteiger partial charge in [-0.15, -0.1) is 0 Å². The third-order valence-corrected chi connectivity index (χ3v) is 5.26. The number of nitrogens with one attached hydrogen (secondary N) is 1. The minimum atomic E-state index is -0.550. The molecule has 0 saturated heterocycles. The van der Waals surface area contributed by atoms with Crippen molar-refractivity contribution in [1.82, 2.24) is 14.4 Å². The topological polar surface area (TPSA) is 57.6 Å². The molecule has 0 radical (unpaired) electrons. The summed E-state index contributed by atoms with van der Waals surface area (Å²) >= 11 is 5.78. The molecule has 1 aromatic heterocycles. The van der Waals surface area contributed by atoms with E-state index in [1.54, 1.807) is 0 Å². The minimum Gasteiger partial charge on any atom is -0.353 e. The second-order valence-corrected chi connectivity index (χ2v) is 7.75. The molecule has 0 unspecified atom stereocenters. The number of rotatable bonds is 8. The molecule has 1 aromatic carbocycles. The van der Waals surface area contributed by atoms with E-state index in [0.29, 0.717) is 25.2 Å². The first-order chi connectivity index (χ1) is 13.9. The lowest BCUT2D eigenvalue weighted by Crippen LogP contribution is -2.45. The molecule has 0 aliphatic heterocycles. The van der Waals surface area contributed by atoms with Crippen molar-refractivity contribution < 1.29 is 14.0 Å². The second kappa shape index (κ2) is 9.31. The number of aryl methyl sites for hydroxylation is 1. The Kier molecular flexibility index (Phi) is 6.79. The number of anilines is 1. The van der Waals surface area contributed by atoms with Crippen LogP contribution in [0.15, 0.2) is 36.5 Å². The van der Waals surface area contributed by atoms with Gasteiger partial charge in [-0.1, -0.05) is 18.5 Å². The number of carbonyl (C=O) groups is 2. The number of hydrogen-bond donors (Lipinski definition) is 1. The molecule has 3 amide bonds. The van der Waals surface area contributed by atoms with E-state index in [1.165, 1.54) is 23.1 Å². The zero-order chi connectivity index (χ0) is 21.0. The highest BCUT2D eigenvalue weighted by atomic mass is 35.5. The zero-order valence-corrected chi connectivity index (χ0v) is 17.5. The number of aromatic nitrogens is 1. The van der Waals surface area contributed by atoms with E-state index in [0.717, 1.165) is 18.5 Å². The first-order valence-electron chi connectivity index (χ1n) is 9.79. The first-order valence-corrected chi connectivity index (χ1v) is 10.2. The summed E-state index contributed by atoms with van der Waals surface area (Å²) in [5.74, 6) is -0.625. The van der Waals surface area contributed by atoms with Crippen LogP contribution in [-0.4, -0.2) is 45.4 Å². The molecule has 156 valence electrons. The van der Waals surface area contributed by atoms with Gasteiger partial charge in [0, 0.05) is 37.2 Å². The summed E-state index contributed by atoms with van der Waals surface area (Å²) in [6.07, 6.45) is 4.65. The third-order valence-electron chi connectivity index (χ3n) is 4.97. The summed E-state index contributed by atoms with van der Waals surface area (Å²) in [7, 11) is 1.95. The molecule has 2 aromatic rings. The van der Waals surface area contributed by atoms with Crippen LogP contribution in [0.5, 0.6) is 0 Å². The van der Waals surface area contributed by atoms with Crippen LogP contribution < -0.4 is 5.32 Å². The fraction of sp³-hybridized carbons (Fsp3) is 0.429. The molecule has 29 heavy (non-hydrogen) atoms. The summed E-state index contributed by atoms with van der Waals surface area (Å²) < 4.78 is 15.3. The van der Waals surface area contributed by atoms with Gasteiger partial charge in [0.2, 0.25) is 5.91 Å². The third kappa shape index (κ3) is 5.50. The van der Waals surface area contributed by atoms with Crippen molar-refractivity contribution in [3.05, 3.63) is 53.1 Å². The van der Waals surface area contributed by atoms with Gasteiger partial charge in [0.05, 0.1) is 11.6 Å². The highest BCUT2D eigenvalue weighted by Crippen LogP contribution is 2.28. The molecule has 3 rings (SSSR count). The van der Waals surface area contributed by atoms with Crippen LogP contribution in [0.3, 0.4) is 0 Å². The molecule has 0 bridgehead atoms. The average Bonchev–Trinajstić information content (AvgIpc) is 3.44. The monoisotopic (exact) mass is 420 g/mol. The Bertz CT molecular complexity index is 881. The number of amides is 3. The van der Waals surface area contributed by atoms with Crippen molar-refractivity contribution in [3.8, 4) is 0 Å². The zero-order valence-electron chi connectivity index (χ0n) is 16.7. The average molecular weight is 421 g/mol. The van der Waals surface area contributed by atoms with Crippen molar-refractivity contribution in [1.29, 1.82) is 0 Å². The Morgan fingerprint density at radius 2 is 2.07 bits per heavy atom. The lowest BCUT2D eigenvalue weighted by Gasteiger charge is -2.28. The second-order valence-electron chi connectivity index (χ2n) is 7.34. The number of halogens is 2. The Hall–Kier alpha value is -2.54. The van der Waals surface area contributed by atoms with Crippen molar-refractivity contribution in [2.75, 3.05) is 18.4 Å². The number of urea groups is 1. The van der Waals surface area contributed by atoms with Gasteiger partial charge in [-0.3, -0.25) is 4.79 Å². The first kappa shape index (κ1) is 21.2. The van der Waals surface area contributed by atoms with E-state index in [4.69, 9.17) is 11.6 Å². The Labute approximate surface area is 175 Å². The molecular weight excluding hydrogens is 395 g/mol. The predicted octanol–water partition coefficient (Wildman–Crippen LogP) is 4.25. The number of hydrogen-bond acceptors (Lipinski definition) is 2. The fourth-order valence-electron chi connectivity index (χ4n) is 3.20. The Morgan fingerprint density at radius 3 is 2.66 bits per heavy atom. The molecule has 1 N–H and O–H groups in total. The van der Waals surface area contributed by atoms with Gasteiger partial charge in [-0.05, 0) is 49.6 Å². The number of nitrogens with zero attached hydrogens (tertiary/aromatic N) is 3. The largest absolute Gasteiger partial charge is 0.353 e. The van der Waals surface area contributed by atoms with Crippen LogP contribution in [0.2, 0.25) is 5.02 Å². The van der Waals surface area contributed by atoms with Crippen molar-refractivity contribution in [2.24, 2.45) is 7.05 Å². The van der Waals surface area contributed by atoms with Gasteiger partial charge < -0.3 is 19.7 Å². The molecule has 8 heteroatoms. The smallest absolute Gasteiger partial charge is 0.322 e. The summed E-state index contributed by atoms with van der Waals surface area (Å²) in [6.45, 7) is 2.91. The van der Waals surface area contributed by atoms with Crippen molar-refractivity contribution >= 4 is 29.2 Å². The maximum Gasteiger partial charge on any atom is 0.322 e. The lowest BCUT2D eigenvalue weighted by molar-refractivity contribution is -0.133. The standard InChI is InChI=1S/C21H26ClFN4O2/c1-3-10-26(21(29)24-15-6-9-19(23)18(22)12-15)14-20(28)27(16-7-8-16)13-17-5-4-11-25(17)2/h4-6,9,11-12,16H,3,7-8,10,13-14H2,1-2H3,(H,24,29). The molecule has 1 heterocycles. The molecule has 0 spiro atoms. The van der Waals surface area contributed by atoms with Crippen LogP contribution in [-0.2, 0) is 18.4 Å².